The topological polar surface area (TPSA) is 38.5 Å². The van der Waals surface area contributed by atoms with E-state index in [1.54, 1.807) is 12.1 Å². The summed E-state index contributed by atoms with van der Waals surface area (Å²) < 4.78 is 19.5. The molecule has 2 aromatic carbocycles. The van der Waals surface area contributed by atoms with Crippen LogP contribution in [-0.4, -0.2) is 76.9 Å². The largest absolute Gasteiger partial charge is 0.508 e. The van der Waals surface area contributed by atoms with Gasteiger partial charge in [0, 0.05) is 32.9 Å². The van der Waals surface area contributed by atoms with E-state index in [9.17, 15) is 4.39 Å². The third-order valence-electron chi connectivity index (χ3n) is 4.22. The molecule has 0 unspecified atom stereocenters. The summed E-state index contributed by atoms with van der Waals surface area (Å²) in [5.41, 5.74) is 4.52. The third kappa shape index (κ3) is 5.63. The first-order chi connectivity index (χ1) is 13.2. The SMILES string of the molecule is [B]C([B])(F)C([B])([B])C([B])([B])Oc1ccc(Sc2ccccc2N)c(CN(C)C)c1. The van der Waals surface area contributed by atoms with Gasteiger partial charge in [0.1, 0.15) is 37.1 Å². The number of halogens is 1. The second kappa shape index (κ2) is 8.81. The van der Waals surface area contributed by atoms with Crippen molar-refractivity contribution in [3.05, 3.63) is 48.0 Å². The Morgan fingerprint density at radius 1 is 1.00 bits per heavy atom. The summed E-state index contributed by atoms with van der Waals surface area (Å²) >= 11 is 1.50. The normalized spacial score (nSPS) is 12.8. The monoisotopic (exact) mass is 394 g/mol. The molecule has 0 aliphatic carbocycles. The van der Waals surface area contributed by atoms with Gasteiger partial charge in [0.15, 0.2) is 0 Å². The van der Waals surface area contributed by atoms with Gasteiger partial charge in [-0.1, -0.05) is 29.1 Å². The number of hydrogen-bond acceptors (Lipinski definition) is 4. The number of rotatable bonds is 8. The van der Waals surface area contributed by atoms with Crippen LogP contribution in [0.25, 0.3) is 0 Å². The summed E-state index contributed by atoms with van der Waals surface area (Å²) in [5, 5.41) is -4.97. The molecule has 0 heterocycles. The third-order valence-corrected chi connectivity index (χ3v) is 5.43. The van der Waals surface area contributed by atoms with E-state index in [1.807, 2.05) is 49.3 Å². The van der Waals surface area contributed by atoms with Crippen LogP contribution in [0.4, 0.5) is 10.1 Å². The van der Waals surface area contributed by atoms with Crippen LogP contribution in [0, 0.1) is 0 Å². The van der Waals surface area contributed by atoms with Crippen molar-refractivity contribution in [3.63, 3.8) is 0 Å². The van der Waals surface area contributed by atoms with E-state index in [2.05, 4.69) is 0 Å². The number of ether oxygens (including phenoxy) is 1. The van der Waals surface area contributed by atoms with Crippen molar-refractivity contribution in [3.8, 4) is 5.75 Å². The van der Waals surface area contributed by atoms with Crippen molar-refractivity contribution in [1.82, 2.24) is 4.90 Å². The second-order valence-electron chi connectivity index (χ2n) is 7.18. The van der Waals surface area contributed by atoms with Crippen LogP contribution >= 0.6 is 11.8 Å². The van der Waals surface area contributed by atoms with E-state index >= 15 is 0 Å². The van der Waals surface area contributed by atoms with E-state index in [0.717, 1.165) is 15.4 Å². The molecule has 136 valence electrons. The Hall–Kier alpha value is -1.33. The molecule has 12 radical (unpaired) electrons. The number of hydrogen-bond donors (Lipinski definition) is 1. The van der Waals surface area contributed by atoms with Crippen molar-refractivity contribution >= 4 is 64.5 Å². The van der Waals surface area contributed by atoms with Crippen LogP contribution < -0.4 is 10.5 Å². The molecule has 0 amide bonds. The molecule has 0 atom stereocenters. The fraction of sp³-hybridized carbons (Fsp3) is 0.333. The first kappa shape index (κ1) is 23.9. The molecule has 3 nitrogen and oxygen atoms in total. The smallest absolute Gasteiger partial charge is 0.118 e. The number of para-hydroxylation sites is 1. The van der Waals surface area contributed by atoms with Gasteiger partial charge in [0.25, 0.3) is 0 Å². The minimum Gasteiger partial charge on any atom is -0.508 e. The molecule has 0 saturated heterocycles. The Balaban J connectivity index is 2.37. The summed E-state index contributed by atoms with van der Waals surface area (Å²) in [6, 6.07) is 12.7. The lowest BCUT2D eigenvalue weighted by molar-refractivity contribution is 0.171. The van der Waals surface area contributed by atoms with Gasteiger partial charge in [-0.25, -0.2) is 0 Å². The number of alkyl halides is 1. The highest BCUT2D eigenvalue weighted by Crippen LogP contribution is 2.42. The average molecular weight is 393 g/mol. The maximum atomic E-state index is 14.0. The number of anilines is 1. The van der Waals surface area contributed by atoms with Crippen LogP contribution in [0.2, 0.25) is 5.21 Å². The summed E-state index contributed by atoms with van der Waals surface area (Å²) in [6.07, 6.45) is 0. The molecule has 2 N–H and O–H groups in total. The van der Waals surface area contributed by atoms with Crippen molar-refractivity contribution in [2.75, 3.05) is 19.8 Å². The van der Waals surface area contributed by atoms with E-state index in [0.29, 0.717) is 12.2 Å². The maximum absolute atomic E-state index is 14.0. The van der Waals surface area contributed by atoms with Crippen molar-refractivity contribution < 1.29 is 9.13 Å². The molecule has 2 rings (SSSR count). The lowest BCUT2D eigenvalue weighted by Gasteiger charge is -2.51. The van der Waals surface area contributed by atoms with Gasteiger partial charge < -0.3 is 15.4 Å². The molecule has 0 aliphatic heterocycles. The van der Waals surface area contributed by atoms with Crippen LogP contribution in [0.3, 0.4) is 0 Å². The van der Waals surface area contributed by atoms with Gasteiger partial charge in [0.2, 0.25) is 0 Å². The Labute approximate surface area is 184 Å². The molecule has 29 heavy (non-hydrogen) atoms. The summed E-state index contributed by atoms with van der Waals surface area (Å²) in [4.78, 5) is 3.82. The zero-order chi connectivity index (χ0) is 22.0. The number of nitrogen functional groups attached to an aromatic ring is 1. The van der Waals surface area contributed by atoms with E-state index < -0.39 is 16.1 Å². The molecule has 11 heteroatoms. The van der Waals surface area contributed by atoms with Crippen molar-refractivity contribution in [1.29, 1.82) is 0 Å². The van der Waals surface area contributed by atoms with E-state index in [1.165, 1.54) is 11.8 Å². The highest BCUT2D eigenvalue weighted by atomic mass is 32.2. The Morgan fingerprint density at radius 3 is 2.17 bits per heavy atom. The zero-order valence-electron chi connectivity index (χ0n) is 16.4. The molecule has 0 spiro atoms. The maximum Gasteiger partial charge on any atom is 0.118 e. The lowest BCUT2D eigenvalue weighted by atomic mass is 9.25. The Morgan fingerprint density at radius 2 is 1.62 bits per heavy atom. The van der Waals surface area contributed by atoms with Crippen molar-refractivity contribution in [2.24, 2.45) is 0 Å². The fourth-order valence-corrected chi connectivity index (χ4v) is 3.41. The van der Waals surface area contributed by atoms with Gasteiger partial charge >= 0.3 is 0 Å². The summed E-state index contributed by atoms with van der Waals surface area (Å²) in [6.45, 7) is 0.575. The van der Waals surface area contributed by atoms with Gasteiger partial charge in [0.05, 0.1) is 15.7 Å². The zero-order valence-corrected chi connectivity index (χ0v) is 17.2. The molecular weight excluding hydrogens is 376 g/mol. The fourth-order valence-electron chi connectivity index (χ4n) is 2.45. The summed E-state index contributed by atoms with van der Waals surface area (Å²) in [5.74, 6) is 0.224. The van der Waals surface area contributed by atoms with E-state index in [-0.39, 0.29) is 5.75 Å². The van der Waals surface area contributed by atoms with Crippen LogP contribution in [0.1, 0.15) is 5.56 Å². The Kier molecular flexibility index (Phi) is 7.27. The predicted octanol–water partition coefficient (Wildman–Crippen LogP) is 1.26. The average Bonchev–Trinajstić information content (AvgIpc) is 2.57. The standard InChI is InChI=1S/C18H17B6FN2OS/c1-27(2)10-11-9-12(28-18(23,24)16(19,20)17(21,22)25)7-8-14(11)29-15-6-4-3-5-13(15)26/h3-9H,10,26H2,1-2H3. The lowest BCUT2D eigenvalue weighted by Crippen LogP contribution is -2.60. The molecule has 0 aliphatic rings. The quantitative estimate of drug-likeness (QED) is 0.542. The van der Waals surface area contributed by atoms with Crippen LogP contribution in [-0.2, 0) is 6.54 Å². The number of nitrogens with two attached hydrogens (primary N) is 1. The van der Waals surface area contributed by atoms with Gasteiger partial charge in [-0.2, -0.15) is 0 Å². The van der Waals surface area contributed by atoms with Crippen molar-refractivity contribution in [2.45, 2.75) is 32.4 Å². The molecule has 0 bridgehead atoms. The number of nitrogens with zero attached hydrogens (tertiary/aromatic N) is 1. The molecular formula is C18H17B6FN2OS. The van der Waals surface area contributed by atoms with Gasteiger partial charge in [-0.3, -0.25) is 4.39 Å². The second-order valence-corrected chi connectivity index (χ2v) is 8.26. The predicted molar refractivity (Wildman–Crippen MR) is 123 cm³/mol. The summed E-state index contributed by atoms with van der Waals surface area (Å²) in [7, 11) is 37.1. The van der Waals surface area contributed by atoms with Gasteiger partial charge in [-0.05, 0) is 50.0 Å². The number of benzene rings is 2. The molecule has 2 aromatic rings. The van der Waals surface area contributed by atoms with Crippen LogP contribution in [0.5, 0.6) is 5.75 Å². The molecule has 0 saturated carbocycles. The molecule has 0 aromatic heterocycles. The minimum absolute atomic E-state index is 0.224. The first-order valence-corrected chi connectivity index (χ1v) is 9.47. The van der Waals surface area contributed by atoms with Gasteiger partial charge in [-0.15, -0.1) is 0 Å². The first-order valence-electron chi connectivity index (χ1n) is 8.66. The highest BCUT2D eigenvalue weighted by molar-refractivity contribution is 7.99. The minimum atomic E-state index is -3.08. The molecule has 0 fully saturated rings. The Bertz CT molecular complexity index is 860. The van der Waals surface area contributed by atoms with E-state index in [4.69, 9.17) is 57.5 Å². The van der Waals surface area contributed by atoms with Crippen LogP contribution in [0.15, 0.2) is 52.3 Å². The highest BCUT2D eigenvalue weighted by Gasteiger charge is 2.47.